The van der Waals surface area contributed by atoms with Gasteiger partial charge < -0.3 is 18.1 Å². The molecule has 0 bridgehead atoms. The maximum atomic E-state index is 11.9. The fourth-order valence-corrected chi connectivity index (χ4v) is 0.868. The van der Waals surface area contributed by atoms with Gasteiger partial charge in [-0.05, 0) is 5.56 Å². The molecule has 1 unspecified atom stereocenters. The van der Waals surface area contributed by atoms with E-state index in [0.717, 1.165) is 0 Å². The molecule has 0 saturated heterocycles. The molecule has 1 rings (SSSR count). The Bertz CT molecular complexity index is 252. The Balaban J connectivity index is 0.00000144. The Labute approximate surface area is 117 Å². The summed E-state index contributed by atoms with van der Waals surface area (Å²) in [4.78, 5) is 0. The second kappa shape index (κ2) is 5.53. The molecule has 0 heterocycles. The fourth-order valence-electron chi connectivity index (χ4n) is 0.868. The van der Waals surface area contributed by atoms with Gasteiger partial charge in [0.2, 0.25) is 0 Å². The third-order valence-electron chi connectivity index (χ3n) is 1.50. The molecule has 13 heavy (non-hydrogen) atoms. The molecule has 1 aromatic rings. The maximum absolute atomic E-state index is 11.9. The number of benzene rings is 1. The number of halogens is 3. The van der Waals surface area contributed by atoms with Crippen LogP contribution < -0.4 is 51.4 Å². The van der Waals surface area contributed by atoms with Gasteiger partial charge in [0.05, 0.1) is 6.00 Å². The molecule has 1 nitrogen and oxygen atoms in total. The molecule has 1 aromatic carbocycles. The summed E-state index contributed by atoms with van der Waals surface area (Å²) in [5.41, 5.74) is -0.106. The van der Waals surface area contributed by atoms with E-state index >= 15 is 0 Å². The van der Waals surface area contributed by atoms with Crippen LogP contribution in [0.15, 0.2) is 30.3 Å². The summed E-state index contributed by atoms with van der Waals surface area (Å²) in [6, 6.07) is 4.70. The van der Waals surface area contributed by atoms with Crippen molar-refractivity contribution in [3.8, 4) is 0 Å². The molecule has 0 aliphatic carbocycles. The Morgan fingerprint density at radius 2 is 1.54 bits per heavy atom. The van der Waals surface area contributed by atoms with E-state index < -0.39 is 13.0 Å². The fraction of sp³-hybridized carbons (Fsp3) is 0.143. The van der Waals surface area contributed by atoms with Gasteiger partial charge in [-0.1, -0.05) is 30.3 Å². The Morgan fingerprint density at radius 1 is 1.08 bits per heavy atom. The summed E-state index contributed by atoms with van der Waals surface area (Å²) >= 11 is 0. The molecule has 0 saturated carbocycles. The predicted molar refractivity (Wildman–Crippen MR) is 40.5 cm³/mol. The van der Waals surface area contributed by atoms with Crippen LogP contribution in [0, 0.1) is 0 Å². The zero-order valence-corrected chi connectivity index (χ0v) is 10.2. The van der Waals surface area contributed by atoms with Gasteiger partial charge in [-0.15, -0.1) is 0 Å². The number of aliphatic hydroxyl groups excluding tert-OH is 1. The van der Waals surface area contributed by atoms with E-state index in [1.807, 2.05) is 0 Å². The van der Waals surface area contributed by atoms with Crippen LogP contribution in [0.4, 0.5) is 12.9 Å². The molecular formula is C7H7BF3KO. The van der Waals surface area contributed by atoms with Crippen molar-refractivity contribution < 1.29 is 69.4 Å². The zero-order valence-electron chi connectivity index (χ0n) is 7.12. The second-order valence-corrected chi connectivity index (χ2v) is 2.48. The number of hydrogen-bond donors (Lipinski definition) is 1. The van der Waals surface area contributed by atoms with E-state index in [-0.39, 0.29) is 56.9 Å². The van der Waals surface area contributed by atoms with Gasteiger partial charge in [0.25, 0.3) is 0 Å². The Kier molecular flexibility index (Phi) is 5.81. The van der Waals surface area contributed by atoms with Gasteiger partial charge in [-0.25, -0.2) is 0 Å². The minimum Gasteiger partial charge on any atom is -0.447 e. The zero-order chi connectivity index (χ0) is 9.19. The molecule has 0 radical (unpaired) electrons. The van der Waals surface area contributed by atoms with Crippen molar-refractivity contribution in [3.05, 3.63) is 35.9 Å². The van der Waals surface area contributed by atoms with Crippen LogP contribution in [0.1, 0.15) is 11.6 Å². The van der Waals surface area contributed by atoms with Crippen molar-refractivity contribution in [2.24, 2.45) is 0 Å². The van der Waals surface area contributed by atoms with Gasteiger partial charge in [-0.3, -0.25) is 0 Å². The van der Waals surface area contributed by atoms with Crippen LogP contribution in [-0.2, 0) is 0 Å². The monoisotopic (exact) mass is 214 g/mol. The first kappa shape index (κ1) is 13.7. The number of aliphatic hydroxyl groups is 1. The summed E-state index contributed by atoms with van der Waals surface area (Å²) < 4.78 is 35.8. The molecule has 0 aromatic heterocycles. The standard InChI is InChI=1S/C7H7BF3O.K/c9-8(10,11)7(12)6-4-2-1-3-5-6;/h1-5,7,12H;/q-1;+1. The van der Waals surface area contributed by atoms with Crippen molar-refractivity contribution in [1.29, 1.82) is 0 Å². The normalized spacial score (nSPS) is 13.2. The van der Waals surface area contributed by atoms with Crippen LogP contribution >= 0.6 is 0 Å². The van der Waals surface area contributed by atoms with Gasteiger partial charge in [0.15, 0.2) is 0 Å². The molecule has 0 fully saturated rings. The first-order valence-electron chi connectivity index (χ1n) is 3.45. The summed E-state index contributed by atoms with van der Waals surface area (Å²) in [6.45, 7) is -5.20. The van der Waals surface area contributed by atoms with Crippen molar-refractivity contribution in [3.63, 3.8) is 0 Å². The molecule has 1 N–H and O–H groups in total. The van der Waals surface area contributed by atoms with Gasteiger partial charge in [0.1, 0.15) is 0 Å². The van der Waals surface area contributed by atoms with Crippen LogP contribution in [0.3, 0.4) is 0 Å². The van der Waals surface area contributed by atoms with Crippen molar-refractivity contribution in [1.82, 2.24) is 0 Å². The average molecular weight is 214 g/mol. The Morgan fingerprint density at radius 3 is 1.92 bits per heavy atom. The topological polar surface area (TPSA) is 20.2 Å². The Hall–Kier alpha value is 0.671. The van der Waals surface area contributed by atoms with Crippen LogP contribution in [0.25, 0.3) is 0 Å². The summed E-state index contributed by atoms with van der Waals surface area (Å²) in [7, 11) is 0. The van der Waals surface area contributed by atoms with E-state index in [2.05, 4.69) is 0 Å². The maximum Gasteiger partial charge on any atom is 1.00 e. The van der Waals surface area contributed by atoms with E-state index in [0.29, 0.717) is 0 Å². The van der Waals surface area contributed by atoms with E-state index in [1.54, 1.807) is 6.07 Å². The minimum absolute atomic E-state index is 0. The third-order valence-corrected chi connectivity index (χ3v) is 1.50. The van der Waals surface area contributed by atoms with Gasteiger partial charge in [0, 0.05) is 0 Å². The third kappa shape index (κ3) is 4.14. The first-order chi connectivity index (χ1) is 5.52. The molecule has 0 spiro atoms. The molecular weight excluding hydrogens is 207 g/mol. The van der Waals surface area contributed by atoms with Crippen molar-refractivity contribution >= 4 is 6.98 Å². The van der Waals surface area contributed by atoms with Crippen LogP contribution in [0.5, 0.6) is 0 Å². The van der Waals surface area contributed by atoms with E-state index in [4.69, 9.17) is 5.11 Å². The first-order valence-corrected chi connectivity index (χ1v) is 3.45. The average Bonchev–Trinajstić information content (AvgIpc) is 2.03. The number of hydrogen-bond acceptors (Lipinski definition) is 1. The minimum atomic E-state index is -5.20. The van der Waals surface area contributed by atoms with Gasteiger partial charge >= 0.3 is 58.4 Å². The predicted octanol–water partition coefficient (Wildman–Crippen LogP) is -0.889. The van der Waals surface area contributed by atoms with Crippen LogP contribution in [0.2, 0.25) is 0 Å². The quantitative estimate of drug-likeness (QED) is 0.633. The molecule has 66 valence electrons. The van der Waals surface area contributed by atoms with Crippen LogP contribution in [-0.4, -0.2) is 12.1 Å². The largest absolute Gasteiger partial charge is 1.00 e. The summed E-state index contributed by atoms with van der Waals surface area (Å²) in [5.74, 6) is 0. The molecule has 0 amide bonds. The molecule has 0 aliphatic heterocycles. The second-order valence-electron chi connectivity index (χ2n) is 2.48. The van der Waals surface area contributed by atoms with E-state index in [1.165, 1.54) is 24.3 Å². The van der Waals surface area contributed by atoms with Gasteiger partial charge in [-0.2, -0.15) is 0 Å². The summed E-state index contributed by atoms with van der Waals surface area (Å²) in [5, 5.41) is 8.76. The van der Waals surface area contributed by atoms with Crippen molar-refractivity contribution in [2.75, 3.05) is 0 Å². The molecule has 1 atom stereocenters. The summed E-state index contributed by atoms with van der Waals surface area (Å²) in [6.07, 6.45) is 0. The molecule has 6 heteroatoms. The van der Waals surface area contributed by atoms with E-state index in [9.17, 15) is 12.9 Å². The molecule has 0 aliphatic rings. The number of rotatable bonds is 2. The van der Waals surface area contributed by atoms with Crippen molar-refractivity contribution in [2.45, 2.75) is 6.00 Å². The smallest absolute Gasteiger partial charge is 0.447 e. The SMILES string of the molecule is OC(c1ccccc1)[B-](F)(F)F.[K+].